The van der Waals surface area contributed by atoms with E-state index < -0.39 is 11.7 Å². The van der Waals surface area contributed by atoms with Crippen LogP contribution in [0.15, 0.2) is 42.5 Å². The minimum Gasteiger partial charge on any atom is -0.351 e. The van der Waals surface area contributed by atoms with Crippen LogP contribution in [0.1, 0.15) is 41.6 Å². The van der Waals surface area contributed by atoms with Gasteiger partial charge >= 0.3 is 6.18 Å². The van der Waals surface area contributed by atoms with Gasteiger partial charge in [-0.25, -0.2) is 0 Å². The minimum atomic E-state index is -4.53. The zero-order chi connectivity index (χ0) is 18.2. The van der Waals surface area contributed by atoms with E-state index in [2.05, 4.69) is 5.73 Å². The quantitative estimate of drug-likeness (QED) is 0.888. The van der Waals surface area contributed by atoms with Crippen molar-refractivity contribution in [2.45, 2.75) is 32.0 Å². The average Bonchev–Trinajstić information content (AvgIpc) is 2.55. The first-order chi connectivity index (χ1) is 11.8. The van der Waals surface area contributed by atoms with Crippen LogP contribution < -0.4 is 10.6 Å². The van der Waals surface area contributed by atoms with Crippen LogP contribution in [0.5, 0.6) is 0 Å². The highest BCUT2D eigenvalue weighted by Gasteiger charge is 2.40. The van der Waals surface area contributed by atoms with Crippen LogP contribution >= 0.6 is 0 Å². The van der Waals surface area contributed by atoms with Gasteiger partial charge in [0.25, 0.3) is 0 Å². The lowest BCUT2D eigenvalue weighted by Crippen LogP contribution is -2.57. The van der Waals surface area contributed by atoms with E-state index in [0.29, 0.717) is 24.0 Å². The molecule has 132 valence electrons. The molecule has 6 heteroatoms. The van der Waals surface area contributed by atoms with Crippen molar-refractivity contribution in [3.63, 3.8) is 0 Å². The first kappa shape index (κ1) is 17.5. The number of hydrogen-bond donors (Lipinski definition) is 1. The molecular formula is C19H20F3N2O+. The SMILES string of the molecule is CC(=O)N1CC[C@@H]([NH3+])c2cc(Cc3ccccc3)cc(C(F)(F)F)c21. The standard InChI is InChI=1S/C19H19F3N2O/c1-12(25)24-8-7-17(23)15-10-14(9-13-5-3-2-4-6-13)11-16(18(15)24)19(20,21)22/h2-6,10-11,17H,7-9,23H2,1H3/p+1/t17-/m1/s1. The summed E-state index contributed by atoms with van der Waals surface area (Å²) in [6, 6.07) is 12.0. The maximum atomic E-state index is 13.7. The highest BCUT2D eigenvalue weighted by Crippen LogP contribution is 2.43. The monoisotopic (exact) mass is 349 g/mol. The number of benzene rings is 2. The van der Waals surface area contributed by atoms with Gasteiger partial charge < -0.3 is 10.6 Å². The smallest absolute Gasteiger partial charge is 0.351 e. The second-order valence-electron chi connectivity index (χ2n) is 6.40. The minimum absolute atomic E-state index is 0.0249. The van der Waals surface area contributed by atoms with Crippen LogP contribution in [0.2, 0.25) is 0 Å². The van der Waals surface area contributed by atoms with E-state index in [4.69, 9.17) is 0 Å². The number of hydrogen-bond acceptors (Lipinski definition) is 1. The van der Waals surface area contributed by atoms with Gasteiger partial charge in [0.15, 0.2) is 0 Å². The molecule has 1 aliphatic rings. The number of carbonyl (C=O) groups excluding carboxylic acids is 1. The first-order valence-electron chi connectivity index (χ1n) is 8.16. The molecule has 3 rings (SSSR count). The summed E-state index contributed by atoms with van der Waals surface area (Å²) in [4.78, 5) is 13.1. The molecule has 1 atom stereocenters. The molecule has 0 aliphatic carbocycles. The summed E-state index contributed by atoms with van der Waals surface area (Å²) < 4.78 is 41.1. The second kappa shape index (κ2) is 6.52. The average molecular weight is 349 g/mol. The van der Waals surface area contributed by atoms with Crippen LogP contribution in [-0.4, -0.2) is 12.5 Å². The van der Waals surface area contributed by atoms with Crippen molar-refractivity contribution in [1.29, 1.82) is 0 Å². The van der Waals surface area contributed by atoms with Gasteiger partial charge in [0, 0.05) is 25.5 Å². The number of nitrogens with zero attached hydrogens (tertiary/aromatic N) is 1. The second-order valence-corrected chi connectivity index (χ2v) is 6.40. The summed E-state index contributed by atoms with van der Waals surface area (Å²) in [6.45, 7) is 1.56. The van der Waals surface area contributed by atoms with Crippen molar-refractivity contribution in [2.75, 3.05) is 11.4 Å². The zero-order valence-corrected chi connectivity index (χ0v) is 13.9. The van der Waals surface area contributed by atoms with Gasteiger partial charge in [-0.15, -0.1) is 0 Å². The molecule has 2 aromatic carbocycles. The van der Waals surface area contributed by atoms with E-state index in [9.17, 15) is 18.0 Å². The zero-order valence-electron chi connectivity index (χ0n) is 13.9. The Hall–Kier alpha value is -2.34. The van der Waals surface area contributed by atoms with Gasteiger partial charge in [-0.2, -0.15) is 13.2 Å². The van der Waals surface area contributed by atoms with Crippen LogP contribution in [0.4, 0.5) is 18.9 Å². The highest BCUT2D eigenvalue weighted by molar-refractivity contribution is 5.94. The molecule has 0 saturated carbocycles. The lowest BCUT2D eigenvalue weighted by molar-refractivity contribution is -0.427. The number of amides is 1. The van der Waals surface area contributed by atoms with E-state index >= 15 is 0 Å². The lowest BCUT2D eigenvalue weighted by Gasteiger charge is -2.33. The lowest BCUT2D eigenvalue weighted by atomic mass is 9.89. The molecule has 3 nitrogen and oxygen atoms in total. The molecule has 2 aromatic rings. The molecule has 0 unspecified atom stereocenters. The Balaban J connectivity index is 2.15. The van der Waals surface area contributed by atoms with Gasteiger partial charge in [-0.1, -0.05) is 30.3 Å². The molecule has 0 radical (unpaired) electrons. The van der Waals surface area contributed by atoms with Gasteiger partial charge in [-0.05, 0) is 29.7 Å². The molecule has 3 N–H and O–H groups in total. The topological polar surface area (TPSA) is 48.0 Å². The van der Waals surface area contributed by atoms with E-state index in [1.165, 1.54) is 17.9 Å². The van der Waals surface area contributed by atoms with Crippen molar-refractivity contribution in [1.82, 2.24) is 0 Å². The first-order valence-corrected chi connectivity index (χ1v) is 8.16. The summed E-state index contributed by atoms with van der Waals surface area (Å²) in [5, 5.41) is 0. The Labute approximate surface area is 144 Å². The Morgan fingerprint density at radius 3 is 2.48 bits per heavy atom. The number of fused-ring (bicyclic) bond motifs is 1. The summed E-state index contributed by atoms with van der Waals surface area (Å²) in [7, 11) is 0. The van der Waals surface area contributed by atoms with E-state index in [0.717, 1.165) is 5.56 Å². The Bertz CT molecular complexity index is 787. The summed E-state index contributed by atoms with van der Waals surface area (Å²) >= 11 is 0. The number of rotatable bonds is 2. The molecule has 1 aliphatic heterocycles. The highest BCUT2D eigenvalue weighted by atomic mass is 19.4. The normalized spacial score (nSPS) is 17.3. The predicted molar refractivity (Wildman–Crippen MR) is 89.0 cm³/mol. The van der Waals surface area contributed by atoms with Gasteiger partial charge in [0.1, 0.15) is 6.04 Å². The van der Waals surface area contributed by atoms with E-state index in [1.807, 2.05) is 30.3 Å². The number of carbonyl (C=O) groups is 1. The van der Waals surface area contributed by atoms with Crippen LogP contribution in [0.3, 0.4) is 0 Å². The van der Waals surface area contributed by atoms with Crippen molar-refractivity contribution in [3.8, 4) is 0 Å². The van der Waals surface area contributed by atoms with E-state index in [1.54, 1.807) is 6.07 Å². The summed E-state index contributed by atoms with van der Waals surface area (Å²) in [5.74, 6) is -0.380. The van der Waals surface area contributed by atoms with Crippen molar-refractivity contribution in [2.24, 2.45) is 0 Å². The van der Waals surface area contributed by atoms with Crippen molar-refractivity contribution in [3.05, 3.63) is 64.7 Å². The van der Waals surface area contributed by atoms with Gasteiger partial charge in [0.2, 0.25) is 5.91 Å². The molecule has 0 spiro atoms. The summed E-state index contributed by atoms with van der Waals surface area (Å²) in [5.41, 5.74) is 5.25. The Kier molecular flexibility index (Phi) is 4.56. The number of alkyl halides is 3. The number of quaternary nitrogens is 1. The van der Waals surface area contributed by atoms with Crippen LogP contribution in [0.25, 0.3) is 0 Å². The fourth-order valence-corrected chi connectivity index (χ4v) is 3.35. The maximum absolute atomic E-state index is 13.7. The molecule has 1 amide bonds. The molecule has 1 heterocycles. The fourth-order valence-electron chi connectivity index (χ4n) is 3.35. The molecule has 0 aromatic heterocycles. The van der Waals surface area contributed by atoms with Crippen LogP contribution in [0, 0.1) is 0 Å². The molecule has 0 fully saturated rings. The summed E-state index contributed by atoms with van der Waals surface area (Å²) in [6.07, 6.45) is -3.57. The largest absolute Gasteiger partial charge is 0.418 e. The Morgan fingerprint density at radius 2 is 1.88 bits per heavy atom. The van der Waals surface area contributed by atoms with Crippen LogP contribution in [-0.2, 0) is 17.4 Å². The van der Waals surface area contributed by atoms with Crippen molar-refractivity contribution >= 4 is 11.6 Å². The third-order valence-corrected chi connectivity index (χ3v) is 4.55. The van der Waals surface area contributed by atoms with E-state index in [-0.39, 0.29) is 24.2 Å². The molecular weight excluding hydrogens is 329 g/mol. The third kappa shape index (κ3) is 3.54. The maximum Gasteiger partial charge on any atom is 0.418 e. The number of halogens is 3. The van der Waals surface area contributed by atoms with Crippen molar-refractivity contribution < 1.29 is 23.7 Å². The molecule has 0 bridgehead atoms. The predicted octanol–water partition coefficient (Wildman–Crippen LogP) is 3.34. The van der Waals surface area contributed by atoms with Gasteiger partial charge in [-0.3, -0.25) is 4.79 Å². The third-order valence-electron chi connectivity index (χ3n) is 4.55. The Morgan fingerprint density at radius 1 is 1.20 bits per heavy atom. The molecule has 25 heavy (non-hydrogen) atoms. The number of anilines is 1. The van der Waals surface area contributed by atoms with Gasteiger partial charge in [0.05, 0.1) is 11.3 Å². The fraction of sp³-hybridized carbons (Fsp3) is 0.316. The molecule has 0 saturated heterocycles.